The number of hydrogen-bond donors (Lipinski definition) is 1. The Morgan fingerprint density at radius 1 is 1.20 bits per heavy atom. The number of carbonyl (C=O) groups excluding carboxylic acids is 1. The van der Waals surface area contributed by atoms with Crippen molar-refractivity contribution in [2.45, 2.75) is 19.3 Å². The van der Waals surface area contributed by atoms with Crippen molar-refractivity contribution in [2.75, 3.05) is 13.1 Å². The van der Waals surface area contributed by atoms with Crippen molar-refractivity contribution in [3.8, 4) is 0 Å². The molecule has 0 spiro atoms. The lowest BCUT2D eigenvalue weighted by Crippen LogP contribution is -2.39. The quantitative estimate of drug-likeness (QED) is 0.927. The van der Waals surface area contributed by atoms with Crippen molar-refractivity contribution in [2.24, 2.45) is 5.92 Å². The molecule has 1 saturated heterocycles. The average molecular weight is 342 g/mol. The summed E-state index contributed by atoms with van der Waals surface area (Å²) < 4.78 is 13.3. The molecule has 0 saturated carbocycles. The van der Waals surface area contributed by atoms with E-state index < -0.39 is 5.97 Å². The molecule has 25 heavy (non-hydrogen) atoms. The van der Waals surface area contributed by atoms with Crippen LogP contribution in [0.4, 0.5) is 4.39 Å². The Balaban J connectivity index is 1.56. The van der Waals surface area contributed by atoms with Crippen LogP contribution >= 0.6 is 0 Å². The van der Waals surface area contributed by atoms with Crippen LogP contribution in [0.5, 0.6) is 0 Å². The van der Waals surface area contributed by atoms with E-state index in [0.29, 0.717) is 24.6 Å². The fourth-order valence-electron chi connectivity index (χ4n) is 3.17. The van der Waals surface area contributed by atoms with Crippen molar-refractivity contribution < 1.29 is 19.1 Å². The summed E-state index contributed by atoms with van der Waals surface area (Å²) in [4.78, 5) is 28.8. The molecule has 5 nitrogen and oxygen atoms in total. The van der Waals surface area contributed by atoms with Crippen molar-refractivity contribution in [3.05, 3.63) is 65.2 Å². The summed E-state index contributed by atoms with van der Waals surface area (Å²) in [6, 6.07) is 9.49. The summed E-state index contributed by atoms with van der Waals surface area (Å²) in [6.07, 6.45) is 3.85. The molecule has 0 unspecified atom stereocenters. The highest BCUT2D eigenvalue weighted by Gasteiger charge is 2.24. The number of amides is 1. The van der Waals surface area contributed by atoms with Crippen LogP contribution in [0.1, 0.15) is 39.3 Å². The number of benzene rings is 1. The van der Waals surface area contributed by atoms with Crippen LogP contribution in [-0.4, -0.2) is 40.0 Å². The number of hydrogen-bond acceptors (Lipinski definition) is 3. The van der Waals surface area contributed by atoms with E-state index in [9.17, 15) is 14.0 Å². The second-order valence-electron chi connectivity index (χ2n) is 6.31. The normalized spacial score (nSPS) is 15.2. The van der Waals surface area contributed by atoms with Gasteiger partial charge in [0.15, 0.2) is 0 Å². The number of pyridine rings is 1. The summed E-state index contributed by atoms with van der Waals surface area (Å²) in [5.41, 5.74) is 1.30. The standard InChI is InChI=1S/C19H19FN2O3/c20-16-3-1-2-14(11-16)10-13-6-8-22(9-7-13)18(23)15-4-5-17(19(24)25)21-12-15/h1-5,11-13H,6-10H2,(H,24,25). The zero-order valence-electron chi connectivity index (χ0n) is 13.7. The van der Waals surface area contributed by atoms with Gasteiger partial charge in [0.2, 0.25) is 0 Å². The van der Waals surface area contributed by atoms with Crippen molar-refractivity contribution in [3.63, 3.8) is 0 Å². The number of carboxylic acid groups (broad SMARTS) is 1. The van der Waals surface area contributed by atoms with E-state index in [1.165, 1.54) is 24.4 Å². The highest BCUT2D eigenvalue weighted by atomic mass is 19.1. The third kappa shape index (κ3) is 4.21. The van der Waals surface area contributed by atoms with Gasteiger partial charge in [0.25, 0.3) is 5.91 Å². The number of rotatable bonds is 4. The molecule has 1 aliphatic rings. The lowest BCUT2D eigenvalue weighted by atomic mass is 9.90. The van der Waals surface area contributed by atoms with Gasteiger partial charge in [-0.2, -0.15) is 0 Å². The predicted molar refractivity (Wildman–Crippen MR) is 89.9 cm³/mol. The van der Waals surface area contributed by atoms with E-state index in [1.54, 1.807) is 17.0 Å². The Kier molecular flexibility index (Phi) is 5.07. The Morgan fingerprint density at radius 3 is 2.56 bits per heavy atom. The monoisotopic (exact) mass is 342 g/mol. The maximum atomic E-state index is 13.3. The minimum absolute atomic E-state index is 0.0784. The number of aromatic nitrogens is 1. The van der Waals surface area contributed by atoms with Gasteiger partial charge in [-0.3, -0.25) is 4.79 Å². The maximum Gasteiger partial charge on any atom is 0.354 e. The lowest BCUT2D eigenvalue weighted by Gasteiger charge is -2.32. The van der Waals surface area contributed by atoms with Crippen molar-refractivity contribution >= 4 is 11.9 Å². The van der Waals surface area contributed by atoms with Gasteiger partial charge >= 0.3 is 5.97 Å². The second kappa shape index (κ2) is 7.42. The fraction of sp³-hybridized carbons (Fsp3) is 0.316. The number of carboxylic acids is 1. The molecule has 1 aliphatic heterocycles. The van der Waals surface area contributed by atoms with Gasteiger partial charge in [0.05, 0.1) is 5.56 Å². The molecule has 1 fully saturated rings. The van der Waals surface area contributed by atoms with Crippen LogP contribution in [0.25, 0.3) is 0 Å². The number of halogens is 1. The molecule has 1 N–H and O–H groups in total. The summed E-state index contributed by atoms with van der Waals surface area (Å²) in [5.74, 6) is -1.04. The fourth-order valence-corrected chi connectivity index (χ4v) is 3.17. The van der Waals surface area contributed by atoms with Crippen LogP contribution in [-0.2, 0) is 6.42 Å². The summed E-state index contributed by atoms with van der Waals surface area (Å²) >= 11 is 0. The van der Waals surface area contributed by atoms with Gasteiger partial charge in [-0.1, -0.05) is 12.1 Å². The van der Waals surface area contributed by atoms with Crippen LogP contribution in [0, 0.1) is 11.7 Å². The Hall–Kier alpha value is -2.76. The Bertz CT molecular complexity index is 768. The molecule has 0 radical (unpaired) electrons. The number of nitrogens with zero attached hydrogens (tertiary/aromatic N) is 2. The molecule has 3 rings (SSSR count). The summed E-state index contributed by atoms with van der Waals surface area (Å²) in [7, 11) is 0. The first kappa shape index (κ1) is 17.1. The van der Waals surface area contributed by atoms with Gasteiger partial charge in [-0.25, -0.2) is 14.2 Å². The summed E-state index contributed by atoms with van der Waals surface area (Å²) in [5, 5.41) is 8.85. The van der Waals surface area contributed by atoms with E-state index in [0.717, 1.165) is 24.8 Å². The minimum Gasteiger partial charge on any atom is -0.477 e. The number of carbonyl (C=O) groups is 2. The van der Waals surface area contributed by atoms with E-state index >= 15 is 0 Å². The van der Waals surface area contributed by atoms with Crippen molar-refractivity contribution in [1.82, 2.24) is 9.88 Å². The molecule has 1 aromatic carbocycles. The van der Waals surface area contributed by atoms with Gasteiger partial charge < -0.3 is 10.0 Å². The zero-order chi connectivity index (χ0) is 17.8. The third-order valence-electron chi connectivity index (χ3n) is 4.54. The molecule has 1 amide bonds. The molecule has 0 atom stereocenters. The van der Waals surface area contributed by atoms with E-state index in [1.807, 2.05) is 6.07 Å². The van der Waals surface area contributed by atoms with Crippen LogP contribution < -0.4 is 0 Å². The van der Waals surface area contributed by atoms with Gasteiger partial charge in [0.1, 0.15) is 11.5 Å². The van der Waals surface area contributed by atoms with Gasteiger partial charge in [-0.05, 0) is 55.0 Å². The molecule has 0 bridgehead atoms. The summed E-state index contributed by atoms with van der Waals surface area (Å²) in [6.45, 7) is 1.28. The van der Waals surface area contributed by atoms with Crippen LogP contribution in [0.15, 0.2) is 42.6 Å². The molecule has 2 heterocycles. The van der Waals surface area contributed by atoms with Crippen molar-refractivity contribution in [1.29, 1.82) is 0 Å². The average Bonchev–Trinajstić information content (AvgIpc) is 2.62. The molecule has 6 heteroatoms. The Morgan fingerprint density at radius 2 is 1.96 bits per heavy atom. The third-order valence-corrected chi connectivity index (χ3v) is 4.54. The first-order valence-electron chi connectivity index (χ1n) is 8.26. The molecule has 2 aromatic rings. The molecule has 0 aliphatic carbocycles. The topological polar surface area (TPSA) is 70.5 Å². The molecule has 130 valence electrons. The maximum absolute atomic E-state index is 13.3. The number of aromatic carboxylic acids is 1. The molecular formula is C19H19FN2O3. The van der Waals surface area contributed by atoms with Gasteiger partial charge in [0, 0.05) is 19.3 Å². The number of likely N-dealkylation sites (tertiary alicyclic amines) is 1. The molecular weight excluding hydrogens is 323 g/mol. The van der Waals surface area contributed by atoms with E-state index in [4.69, 9.17) is 5.11 Å². The van der Waals surface area contributed by atoms with Crippen LogP contribution in [0.2, 0.25) is 0 Å². The van der Waals surface area contributed by atoms with Gasteiger partial charge in [-0.15, -0.1) is 0 Å². The molecule has 1 aromatic heterocycles. The first-order chi connectivity index (χ1) is 12.0. The van der Waals surface area contributed by atoms with E-state index in [-0.39, 0.29) is 17.4 Å². The smallest absolute Gasteiger partial charge is 0.354 e. The lowest BCUT2D eigenvalue weighted by molar-refractivity contribution is 0.0675. The number of piperidine rings is 1. The highest BCUT2D eigenvalue weighted by molar-refractivity contribution is 5.95. The zero-order valence-corrected chi connectivity index (χ0v) is 13.7. The SMILES string of the molecule is O=C(O)c1ccc(C(=O)N2CCC(Cc3cccc(F)c3)CC2)cn1. The highest BCUT2D eigenvalue weighted by Crippen LogP contribution is 2.23. The largest absolute Gasteiger partial charge is 0.477 e. The van der Waals surface area contributed by atoms with E-state index in [2.05, 4.69) is 4.98 Å². The first-order valence-corrected chi connectivity index (χ1v) is 8.26. The Labute approximate surface area is 145 Å². The second-order valence-corrected chi connectivity index (χ2v) is 6.31. The predicted octanol–water partition coefficient (Wildman–Crippen LogP) is 3.01. The minimum atomic E-state index is -1.11. The van der Waals surface area contributed by atoms with Crippen LogP contribution in [0.3, 0.4) is 0 Å².